The van der Waals surface area contributed by atoms with Crippen molar-refractivity contribution in [1.82, 2.24) is 0 Å². The van der Waals surface area contributed by atoms with Gasteiger partial charge < -0.3 is 10.6 Å². The summed E-state index contributed by atoms with van der Waals surface area (Å²) in [5.74, 6) is 0.0262. The zero-order chi connectivity index (χ0) is 14.4. The molecular formula is C17H20N2O. The Morgan fingerprint density at radius 1 is 1.05 bits per heavy atom. The SMILES string of the molecule is CCC(=O)Nc1cccc(NC(C)c2ccccc2)c1. The van der Waals surface area contributed by atoms with Crippen LogP contribution in [-0.2, 0) is 4.79 Å². The molecule has 20 heavy (non-hydrogen) atoms. The van der Waals surface area contributed by atoms with Gasteiger partial charge in [-0.1, -0.05) is 43.3 Å². The Labute approximate surface area is 120 Å². The van der Waals surface area contributed by atoms with Crippen molar-refractivity contribution >= 4 is 17.3 Å². The van der Waals surface area contributed by atoms with E-state index in [1.807, 2.05) is 49.4 Å². The van der Waals surface area contributed by atoms with Gasteiger partial charge in [0.15, 0.2) is 0 Å². The van der Waals surface area contributed by atoms with Crippen molar-refractivity contribution in [1.29, 1.82) is 0 Å². The standard InChI is InChI=1S/C17H20N2O/c1-3-17(20)19-16-11-7-10-15(12-16)18-13(2)14-8-5-4-6-9-14/h4-13,18H,3H2,1-2H3,(H,19,20). The smallest absolute Gasteiger partial charge is 0.224 e. The molecule has 2 N–H and O–H groups in total. The predicted molar refractivity (Wildman–Crippen MR) is 83.8 cm³/mol. The first-order valence-electron chi connectivity index (χ1n) is 6.90. The van der Waals surface area contributed by atoms with E-state index < -0.39 is 0 Å². The van der Waals surface area contributed by atoms with Gasteiger partial charge in [-0.05, 0) is 30.7 Å². The largest absolute Gasteiger partial charge is 0.378 e. The molecule has 1 amide bonds. The number of amides is 1. The number of nitrogens with one attached hydrogen (secondary N) is 2. The first-order valence-corrected chi connectivity index (χ1v) is 6.90. The summed E-state index contributed by atoms with van der Waals surface area (Å²) in [5.41, 5.74) is 3.05. The second kappa shape index (κ2) is 6.75. The van der Waals surface area contributed by atoms with Crippen molar-refractivity contribution in [2.75, 3.05) is 10.6 Å². The Balaban J connectivity index is 2.06. The molecule has 0 bridgehead atoms. The molecule has 0 aliphatic rings. The van der Waals surface area contributed by atoms with Crippen molar-refractivity contribution < 1.29 is 4.79 Å². The number of hydrogen-bond donors (Lipinski definition) is 2. The van der Waals surface area contributed by atoms with Gasteiger partial charge in [-0.25, -0.2) is 0 Å². The van der Waals surface area contributed by atoms with Gasteiger partial charge in [0, 0.05) is 23.8 Å². The van der Waals surface area contributed by atoms with Crippen molar-refractivity contribution in [2.45, 2.75) is 26.3 Å². The molecule has 0 fully saturated rings. The Bertz CT molecular complexity index is 566. The first kappa shape index (κ1) is 14.1. The summed E-state index contributed by atoms with van der Waals surface area (Å²) in [6, 6.07) is 18.3. The number of hydrogen-bond acceptors (Lipinski definition) is 2. The van der Waals surface area contributed by atoms with E-state index in [2.05, 4.69) is 29.7 Å². The number of carbonyl (C=O) groups excluding carboxylic acids is 1. The van der Waals surface area contributed by atoms with E-state index in [1.54, 1.807) is 0 Å². The molecule has 2 rings (SSSR count). The molecule has 104 valence electrons. The van der Waals surface area contributed by atoms with Gasteiger partial charge in [-0.2, -0.15) is 0 Å². The van der Waals surface area contributed by atoms with Gasteiger partial charge in [-0.15, -0.1) is 0 Å². The molecule has 1 unspecified atom stereocenters. The third-order valence-electron chi connectivity index (χ3n) is 3.15. The Kier molecular flexibility index (Phi) is 4.77. The second-order valence-corrected chi connectivity index (χ2v) is 4.76. The molecule has 0 aliphatic heterocycles. The van der Waals surface area contributed by atoms with Crippen LogP contribution in [0.15, 0.2) is 54.6 Å². The molecule has 0 aliphatic carbocycles. The average molecular weight is 268 g/mol. The van der Waals surface area contributed by atoms with Gasteiger partial charge in [0.1, 0.15) is 0 Å². The molecule has 0 radical (unpaired) electrons. The molecule has 3 nitrogen and oxygen atoms in total. The van der Waals surface area contributed by atoms with E-state index >= 15 is 0 Å². The zero-order valence-electron chi connectivity index (χ0n) is 11.9. The Morgan fingerprint density at radius 3 is 2.45 bits per heavy atom. The van der Waals surface area contributed by atoms with Crippen molar-refractivity contribution in [2.24, 2.45) is 0 Å². The highest BCUT2D eigenvalue weighted by molar-refractivity contribution is 5.90. The van der Waals surface area contributed by atoms with Gasteiger partial charge in [0.05, 0.1) is 0 Å². The van der Waals surface area contributed by atoms with E-state index in [1.165, 1.54) is 5.56 Å². The summed E-state index contributed by atoms with van der Waals surface area (Å²) in [6.07, 6.45) is 0.484. The van der Waals surface area contributed by atoms with E-state index in [0.29, 0.717) is 6.42 Å². The lowest BCUT2D eigenvalue weighted by Gasteiger charge is -2.16. The summed E-state index contributed by atoms with van der Waals surface area (Å²) in [5, 5.41) is 6.30. The van der Waals surface area contributed by atoms with Crippen molar-refractivity contribution in [3.05, 3.63) is 60.2 Å². The maximum atomic E-state index is 11.4. The monoisotopic (exact) mass is 268 g/mol. The molecule has 0 saturated carbocycles. The highest BCUT2D eigenvalue weighted by Gasteiger charge is 2.05. The number of rotatable bonds is 5. The third kappa shape index (κ3) is 3.85. The fraction of sp³-hybridized carbons (Fsp3) is 0.235. The lowest BCUT2D eigenvalue weighted by molar-refractivity contribution is -0.115. The summed E-state index contributed by atoms with van der Waals surface area (Å²) in [7, 11) is 0. The van der Waals surface area contributed by atoms with Crippen LogP contribution in [0.4, 0.5) is 11.4 Å². The van der Waals surface area contributed by atoms with Crippen LogP contribution in [0.3, 0.4) is 0 Å². The molecule has 0 spiro atoms. The van der Waals surface area contributed by atoms with Gasteiger partial charge >= 0.3 is 0 Å². The highest BCUT2D eigenvalue weighted by Crippen LogP contribution is 2.21. The molecule has 0 aromatic heterocycles. The summed E-state index contributed by atoms with van der Waals surface area (Å²) >= 11 is 0. The van der Waals surface area contributed by atoms with Crippen LogP contribution < -0.4 is 10.6 Å². The van der Waals surface area contributed by atoms with Crippen LogP contribution in [0.25, 0.3) is 0 Å². The van der Waals surface area contributed by atoms with E-state index in [0.717, 1.165) is 11.4 Å². The van der Waals surface area contributed by atoms with Gasteiger partial charge in [0.25, 0.3) is 0 Å². The van der Waals surface area contributed by atoms with E-state index in [-0.39, 0.29) is 11.9 Å². The van der Waals surface area contributed by atoms with Crippen LogP contribution in [-0.4, -0.2) is 5.91 Å². The lowest BCUT2D eigenvalue weighted by Crippen LogP contribution is -2.10. The summed E-state index contributed by atoms with van der Waals surface area (Å²) in [6.45, 7) is 3.96. The highest BCUT2D eigenvalue weighted by atomic mass is 16.1. The summed E-state index contributed by atoms with van der Waals surface area (Å²) < 4.78 is 0. The molecule has 2 aromatic rings. The molecule has 1 atom stereocenters. The topological polar surface area (TPSA) is 41.1 Å². The molecule has 2 aromatic carbocycles. The fourth-order valence-electron chi connectivity index (χ4n) is 2.01. The van der Waals surface area contributed by atoms with Crippen molar-refractivity contribution in [3.8, 4) is 0 Å². The Morgan fingerprint density at radius 2 is 1.75 bits per heavy atom. The van der Waals surface area contributed by atoms with Gasteiger partial charge in [-0.3, -0.25) is 4.79 Å². The normalized spacial score (nSPS) is 11.7. The van der Waals surface area contributed by atoms with Crippen LogP contribution in [0.5, 0.6) is 0 Å². The van der Waals surface area contributed by atoms with Gasteiger partial charge in [0.2, 0.25) is 5.91 Å². The molecule has 0 saturated heterocycles. The van der Waals surface area contributed by atoms with Crippen LogP contribution in [0.1, 0.15) is 31.9 Å². The van der Waals surface area contributed by atoms with Crippen LogP contribution in [0.2, 0.25) is 0 Å². The van der Waals surface area contributed by atoms with Crippen molar-refractivity contribution in [3.63, 3.8) is 0 Å². The van der Waals surface area contributed by atoms with E-state index in [4.69, 9.17) is 0 Å². The molecule has 0 heterocycles. The second-order valence-electron chi connectivity index (χ2n) is 4.76. The number of benzene rings is 2. The number of carbonyl (C=O) groups is 1. The lowest BCUT2D eigenvalue weighted by atomic mass is 10.1. The third-order valence-corrected chi connectivity index (χ3v) is 3.15. The quantitative estimate of drug-likeness (QED) is 0.853. The summed E-state index contributed by atoms with van der Waals surface area (Å²) in [4.78, 5) is 11.4. The Hall–Kier alpha value is -2.29. The predicted octanol–water partition coefficient (Wildman–Crippen LogP) is 4.21. The minimum atomic E-state index is 0.0262. The maximum Gasteiger partial charge on any atom is 0.224 e. The fourth-order valence-corrected chi connectivity index (χ4v) is 2.01. The minimum Gasteiger partial charge on any atom is -0.378 e. The first-order chi connectivity index (χ1) is 9.69. The van der Waals surface area contributed by atoms with Crippen LogP contribution >= 0.6 is 0 Å². The average Bonchev–Trinajstić information content (AvgIpc) is 2.48. The molecule has 3 heteroatoms. The van der Waals surface area contributed by atoms with Crippen LogP contribution in [0, 0.1) is 0 Å². The number of anilines is 2. The maximum absolute atomic E-state index is 11.4. The zero-order valence-corrected chi connectivity index (χ0v) is 11.9. The minimum absolute atomic E-state index is 0.0262. The molecular weight excluding hydrogens is 248 g/mol. The van der Waals surface area contributed by atoms with E-state index in [9.17, 15) is 4.79 Å².